The van der Waals surface area contributed by atoms with E-state index in [2.05, 4.69) is 15.6 Å². The van der Waals surface area contributed by atoms with Crippen molar-refractivity contribution in [3.63, 3.8) is 0 Å². The number of hydrogen-bond acceptors (Lipinski definition) is 3. The number of likely N-dealkylation sites (N-methyl/N-ethyl adjacent to an activating group) is 1. The molecule has 0 aliphatic heterocycles. The van der Waals surface area contributed by atoms with Crippen LogP contribution in [0.2, 0.25) is 5.02 Å². The lowest BCUT2D eigenvalue weighted by Crippen LogP contribution is -2.30. The lowest BCUT2D eigenvalue weighted by Gasteiger charge is -2.01. The Hall–Kier alpha value is -1.85. The summed E-state index contributed by atoms with van der Waals surface area (Å²) >= 11 is 5.73. The topological polar surface area (TPSA) is 67.4 Å². The predicted octanol–water partition coefficient (Wildman–Crippen LogP) is 1.15. The van der Waals surface area contributed by atoms with E-state index in [0.717, 1.165) is 5.56 Å². The normalized spacial score (nSPS) is 10.3. The number of hydrogen-bond donors (Lipinski definition) is 2. The van der Waals surface area contributed by atoms with Gasteiger partial charge >= 0.3 is 0 Å². The van der Waals surface area contributed by atoms with E-state index < -0.39 is 5.91 Å². The van der Waals surface area contributed by atoms with Gasteiger partial charge in [0.1, 0.15) is 0 Å². The van der Waals surface area contributed by atoms with E-state index in [1.807, 2.05) is 0 Å². The summed E-state index contributed by atoms with van der Waals surface area (Å²) in [5, 5.41) is 2.99. The first-order valence-corrected chi connectivity index (χ1v) is 5.55. The van der Waals surface area contributed by atoms with E-state index in [1.54, 1.807) is 30.3 Å². The maximum Gasteiger partial charge on any atom is 0.267 e. The minimum Gasteiger partial charge on any atom is -0.357 e. The maximum atomic E-state index is 11.3. The van der Waals surface area contributed by atoms with Crippen LogP contribution < -0.4 is 10.8 Å². The van der Waals surface area contributed by atoms with Gasteiger partial charge in [-0.3, -0.25) is 14.4 Å². The van der Waals surface area contributed by atoms with Gasteiger partial charge in [-0.15, -0.1) is 0 Å². The van der Waals surface area contributed by atoms with Crippen molar-refractivity contribution >= 4 is 29.5 Å². The molecule has 0 saturated heterocycles. The van der Waals surface area contributed by atoms with Crippen LogP contribution in [0.5, 0.6) is 0 Å². The van der Waals surface area contributed by atoms with E-state index in [9.17, 15) is 9.59 Å². The second-order valence-electron chi connectivity index (χ2n) is 3.31. The van der Waals surface area contributed by atoms with Gasteiger partial charge in [-0.2, -0.15) is 0 Å². The number of rotatable bonds is 5. The molecule has 0 unspecified atom stereocenters. The molecular formula is C12H13ClN2O3. The molecule has 0 aliphatic rings. The highest BCUT2D eigenvalue weighted by Gasteiger charge is 1.99. The van der Waals surface area contributed by atoms with Gasteiger partial charge in [-0.25, -0.2) is 5.48 Å². The molecule has 0 heterocycles. The van der Waals surface area contributed by atoms with Gasteiger partial charge in [0.2, 0.25) is 5.91 Å². The predicted molar refractivity (Wildman–Crippen MR) is 68.6 cm³/mol. The molecule has 5 nitrogen and oxygen atoms in total. The van der Waals surface area contributed by atoms with Crippen LogP contribution in [0.15, 0.2) is 30.3 Å². The van der Waals surface area contributed by atoms with Gasteiger partial charge in [0.25, 0.3) is 5.91 Å². The van der Waals surface area contributed by atoms with Crippen molar-refractivity contribution in [1.29, 1.82) is 0 Å². The number of benzene rings is 1. The van der Waals surface area contributed by atoms with Crippen molar-refractivity contribution in [3.05, 3.63) is 40.9 Å². The summed E-state index contributed by atoms with van der Waals surface area (Å²) in [4.78, 5) is 26.7. The zero-order valence-corrected chi connectivity index (χ0v) is 10.5. The van der Waals surface area contributed by atoms with E-state index >= 15 is 0 Å². The number of halogens is 1. The van der Waals surface area contributed by atoms with E-state index in [-0.39, 0.29) is 12.5 Å². The molecule has 0 radical (unpaired) electrons. The average Bonchev–Trinajstić information content (AvgIpc) is 2.38. The molecule has 96 valence electrons. The highest BCUT2D eigenvalue weighted by atomic mass is 35.5. The van der Waals surface area contributed by atoms with Crippen molar-refractivity contribution in [1.82, 2.24) is 10.8 Å². The van der Waals surface area contributed by atoms with Gasteiger partial charge in [0, 0.05) is 18.1 Å². The number of carbonyl (C=O) groups excluding carboxylic acids is 2. The minimum absolute atomic E-state index is 0.225. The number of amides is 2. The Morgan fingerprint density at radius 2 is 2.00 bits per heavy atom. The summed E-state index contributed by atoms with van der Waals surface area (Å²) in [6.45, 7) is -0.225. The molecule has 0 aromatic heterocycles. The van der Waals surface area contributed by atoms with Crippen molar-refractivity contribution < 1.29 is 14.4 Å². The van der Waals surface area contributed by atoms with Gasteiger partial charge in [-0.1, -0.05) is 23.7 Å². The standard InChI is InChI=1S/C12H13ClN2O3/c1-14-12(17)8-18-15-11(16)7-4-9-2-5-10(13)6-3-9/h2-7H,8H2,1H3,(H,14,17)(H,15,16)/b7-4+. The highest BCUT2D eigenvalue weighted by molar-refractivity contribution is 6.30. The molecule has 1 rings (SSSR count). The molecule has 0 fully saturated rings. The van der Waals surface area contributed by atoms with Crippen LogP contribution in [0.4, 0.5) is 0 Å². The molecule has 0 spiro atoms. The lowest BCUT2D eigenvalue weighted by molar-refractivity contribution is -0.135. The SMILES string of the molecule is CNC(=O)CONC(=O)/C=C/c1ccc(Cl)cc1. The number of carbonyl (C=O) groups is 2. The van der Waals surface area contributed by atoms with Gasteiger partial charge < -0.3 is 5.32 Å². The molecule has 6 heteroatoms. The second kappa shape index (κ2) is 7.47. The number of hydroxylamine groups is 1. The molecule has 1 aromatic carbocycles. The van der Waals surface area contributed by atoms with Crippen LogP contribution in [0.3, 0.4) is 0 Å². The molecular weight excluding hydrogens is 256 g/mol. The Balaban J connectivity index is 2.35. The molecule has 2 amide bonds. The zero-order valence-electron chi connectivity index (χ0n) is 9.77. The first-order valence-electron chi connectivity index (χ1n) is 5.18. The molecule has 2 N–H and O–H groups in total. The summed E-state index contributed by atoms with van der Waals surface area (Å²) in [5.74, 6) is -0.772. The molecule has 0 aliphatic carbocycles. The largest absolute Gasteiger partial charge is 0.357 e. The third kappa shape index (κ3) is 5.47. The van der Waals surface area contributed by atoms with Crippen LogP contribution in [0.25, 0.3) is 6.08 Å². The third-order valence-electron chi connectivity index (χ3n) is 1.95. The first-order chi connectivity index (χ1) is 8.61. The van der Waals surface area contributed by atoms with Crippen molar-refractivity contribution in [2.75, 3.05) is 13.7 Å². The quantitative estimate of drug-likeness (QED) is 0.622. The first kappa shape index (κ1) is 14.2. The van der Waals surface area contributed by atoms with E-state index in [4.69, 9.17) is 11.6 Å². The van der Waals surface area contributed by atoms with Crippen molar-refractivity contribution in [3.8, 4) is 0 Å². The molecule has 0 atom stereocenters. The van der Waals surface area contributed by atoms with Crippen LogP contribution in [-0.2, 0) is 14.4 Å². The smallest absolute Gasteiger partial charge is 0.267 e. The maximum absolute atomic E-state index is 11.3. The Labute approximate surface area is 110 Å². The van der Waals surface area contributed by atoms with E-state index in [1.165, 1.54) is 13.1 Å². The van der Waals surface area contributed by atoms with Crippen LogP contribution >= 0.6 is 11.6 Å². The summed E-state index contributed by atoms with van der Waals surface area (Å²) in [6.07, 6.45) is 2.90. The molecule has 0 saturated carbocycles. The Bertz CT molecular complexity index is 443. The van der Waals surface area contributed by atoms with Crippen LogP contribution in [-0.4, -0.2) is 25.5 Å². The van der Waals surface area contributed by atoms with Crippen LogP contribution in [0, 0.1) is 0 Å². The average molecular weight is 269 g/mol. The van der Waals surface area contributed by atoms with E-state index in [0.29, 0.717) is 5.02 Å². The van der Waals surface area contributed by atoms with Crippen LogP contribution in [0.1, 0.15) is 5.56 Å². The molecule has 0 bridgehead atoms. The molecule has 1 aromatic rings. The third-order valence-corrected chi connectivity index (χ3v) is 2.20. The minimum atomic E-state index is -0.450. The Kier molecular flexibility index (Phi) is 5.90. The fourth-order valence-corrected chi connectivity index (χ4v) is 1.15. The fraction of sp³-hybridized carbons (Fsp3) is 0.167. The highest BCUT2D eigenvalue weighted by Crippen LogP contribution is 2.10. The second-order valence-corrected chi connectivity index (χ2v) is 3.75. The van der Waals surface area contributed by atoms with Crippen molar-refractivity contribution in [2.24, 2.45) is 0 Å². The summed E-state index contributed by atoms with van der Waals surface area (Å²) in [7, 11) is 1.48. The lowest BCUT2D eigenvalue weighted by atomic mass is 10.2. The van der Waals surface area contributed by atoms with Crippen molar-refractivity contribution in [2.45, 2.75) is 0 Å². The summed E-state index contributed by atoms with van der Waals surface area (Å²) in [5.41, 5.74) is 2.95. The fourth-order valence-electron chi connectivity index (χ4n) is 1.02. The Morgan fingerprint density at radius 3 is 2.61 bits per heavy atom. The monoisotopic (exact) mass is 268 g/mol. The summed E-state index contributed by atoms with van der Waals surface area (Å²) in [6, 6.07) is 7.00. The Morgan fingerprint density at radius 1 is 1.33 bits per heavy atom. The van der Waals surface area contributed by atoms with Gasteiger partial charge in [0.15, 0.2) is 6.61 Å². The summed E-state index contributed by atoms with van der Waals surface area (Å²) < 4.78 is 0. The number of nitrogens with one attached hydrogen (secondary N) is 2. The zero-order chi connectivity index (χ0) is 13.4. The van der Waals surface area contributed by atoms with Gasteiger partial charge in [0.05, 0.1) is 0 Å². The molecule has 18 heavy (non-hydrogen) atoms. The van der Waals surface area contributed by atoms with Gasteiger partial charge in [-0.05, 0) is 23.8 Å².